The molecule has 2 aliphatic rings. The Morgan fingerprint density at radius 1 is 1.17 bits per heavy atom. The maximum Gasteiger partial charge on any atom is 0.343 e. The number of carbonyl (C=O) groups is 2. The number of benzene rings is 1. The zero-order valence-corrected chi connectivity index (χ0v) is 29.0. The number of esters is 1. The lowest BCUT2D eigenvalue weighted by molar-refractivity contribution is -0.111. The molecule has 1 fully saturated rings. The number of aromatic nitrogens is 3. The average Bonchev–Trinajstić information content (AvgIpc) is 3.64. The van der Waals surface area contributed by atoms with E-state index in [0.29, 0.717) is 41.2 Å². The lowest BCUT2D eigenvalue weighted by Gasteiger charge is -2.26. The molecule has 48 heavy (non-hydrogen) atoms. The van der Waals surface area contributed by atoms with Gasteiger partial charge in [-0.3, -0.25) is 4.79 Å². The Hall–Kier alpha value is -5.15. The molecule has 2 N–H and O–H groups in total. The van der Waals surface area contributed by atoms with E-state index in [4.69, 9.17) is 19.4 Å². The van der Waals surface area contributed by atoms with E-state index < -0.39 is 5.97 Å². The third kappa shape index (κ3) is 7.06. The van der Waals surface area contributed by atoms with Crippen LogP contribution in [0.25, 0.3) is 0 Å². The minimum absolute atomic E-state index is 0.222. The molecule has 3 aromatic rings. The topological polar surface area (TPSA) is 125 Å². The fourth-order valence-corrected chi connectivity index (χ4v) is 6.05. The Balaban J connectivity index is 1.58. The third-order valence-electron chi connectivity index (χ3n) is 8.44. The Morgan fingerprint density at radius 3 is 2.58 bits per heavy atom. The molecule has 0 spiro atoms. The monoisotopic (exact) mass is 652 g/mol. The first-order valence-electron chi connectivity index (χ1n) is 16.0. The number of likely N-dealkylation sites (N-methyl/N-ethyl adjacent to an activating group) is 1. The van der Waals surface area contributed by atoms with Gasteiger partial charge in [0.1, 0.15) is 17.0 Å². The standard InChI is InChI=1S/C36H44N8O4/c1-10-12-23-13-14-28-32(38-23)36(5,6)21-44(28)33-25(34(46)48-22(3)4)19-37-35(41-33)40-27-17-26(39-31(45)11-2)29(18-30(27)47-9)43-16-15-24(20-43)42(7)8/h11,13-14,17-19,22,24H,2,15-16,20-21H2,1,3-9H3,(H,39,45)(H,37,40,41)/t24-/m1/s1. The predicted molar refractivity (Wildman–Crippen MR) is 189 cm³/mol. The van der Waals surface area contributed by atoms with Gasteiger partial charge in [-0.15, -0.1) is 0 Å². The number of methoxy groups -OCH3 is 1. The molecule has 5 rings (SSSR count). The number of hydrogen-bond acceptors (Lipinski definition) is 11. The van der Waals surface area contributed by atoms with Gasteiger partial charge in [-0.2, -0.15) is 4.98 Å². The van der Waals surface area contributed by atoms with E-state index in [0.717, 1.165) is 36.6 Å². The van der Waals surface area contributed by atoms with Crippen LogP contribution < -0.4 is 25.2 Å². The summed E-state index contributed by atoms with van der Waals surface area (Å²) >= 11 is 0. The van der Waals surface area contributed by atoms with Crippen molar-refractivity contribution >= 4 is 46.4 Å². The molecule has 12 nitrogen and oxygen atoms in total. The maximum absolute atomic E-state index is 13.4. The van der Waals surface area contributed by atoms with Gasteiger partial charge in [-0.1, -0.05) is 26.3 Å². The van der Waals surface area contributed by atoms with Crippen LogP contribution in [0.3, 0.4) is 0 Å². The number of fused-ring (bicyclic) bond motifs is 1. The highest BCUT2D eigenvalue weighted by molar-refractivity contribution is 6.02. The summed E-state index contributed by atoms with van der Waals surface area (Å²) in [5, 5.41) is 6.23. The number of anilines is 6. The molecule has 0 radical (unpaired) electrons. The first-order chi connectivity index (χ1) is 22.8. The predicted octanol–water partition coefficient (Wildman–Crippen LogP) is 5.25. The van der Waals surface area contributed by atoms with Gasteiger partial charge in [0.2, 0.25) is 11.9 Å². The summed E-state index contributed by atoms with van der Waals surface area (Å²) in [6.45, 7) is 15.3. The average molecular weight is 653 g/mol. The zero-order valence-electron chi connectivity index (χ0n) is 29.0. The highest BCUT2D eigenvalue weighted by Gasteiger charge is 2.40. The number of ether oxygens (including phenoxy) is 2. The summed E-state index contributed by atoms with van der Waals surface area (Å²) in [5.41, 5.74) is 4.17. The van der Waals surface area contributed by atoms with Crippen LogP contribution in [0.5, 0.6) is 5.75 Å². The van der Waals surface area contributed by atoms with Crippen molar-refractivity contribution < 1.29 is 19.1 Å². The van der Waals surface area contributed by atoms with Crippen LogP contribution in [0.1, 0.15) is 62.8 Å². The molecule has 1 saturated heterocycles. The molecule has 2 aromatic heterocycles. The molecule has 0 bridgehead atoms. The van der Waals surface area contributed by atoms with E-state index >= 15 is 0 Å². The van der Waals surface area contributed by atoms with Crippen molar-refractivity contribution in [2.75, 3.05) is 61.3 Å². The second kappa shape index (κ2) is 13.9. The molecule has 0 unspecified atom stereocenters. The molecule has 12 heteroatoms. The Morgan fingerprint density at radius 2 is 1.94 bits per heavy atom. The van der Waals surface area contributed by atoms with E-state index in [1.165, 1.54) is 12.3 Å². The molecule has 2 aliphatic heterocycles. The van der Waals surface area contributed by atoms with Crippen LogP contribution in [0, 0.1) is 11.8 Å². The van der Waals surface area contributed by atoms with Gasteiger partial charge in [0.15, 0.2) is 5.82 Å². The van der Waals surface area contributed by atoms with E-state index in [1.54, 1.807) is 33.9 Å². The number of hydrogen-bond donors (Lipinski definition) is 2. The Bertz CT molecular complexity index is 1790. The number of nitrogens with one attached hydrogen (secondary N) is 2. The Kier molecular flexibility index (Phi) is 9.91. The van der Waals surface area contributed by atoms with Crippen molar-refractivity contribution in [3.63, 3.8) is 0 Å². The van der Waals surface area contributed by atoms with Crippen molar-refractivity contribution in [3.05, 3.63) is 60.1 Å². The molecular weight excluding hydrogens is 608 g/mol. The lowest BCUT2D eigenvalue weighted by atomic mass is 9.91. The van der Waals surface area contributed by atoms with Crippen molar-refractivity contribution in [3.8, 4) is 17.6 Å². The van der Waals surface area contributed by atoms with E-state index in [1.807, 2.05) is 23.1 Å². The van der Waals surface area contributed by atoms with Gasteiger partial charge >= 0.3 is 5.97 Å². The fourth-order valence-electron chi connectivity index (χ4n) is 6.05. The summed E-state index contributed by atoms with van der Waals surface area (Å²) in [7, 11) is 5.73. The molecular formula is C36H44N8O4. The van der Waals surface area contributed by atoms with Gasteiger partial charge in [-0.25, -0.2) is 14.8 Å². The van der Waals surface area contributed by atoms with E-state index in [2.05, 4.69) is 71.8 Å². The van der Waals surface area contributed by atoms with E-state index in [-0.39, 0.29) is 28.9 Å². The van der Waals surface area contributed by atoms with Gasteiger partial charge in [0.25, 0.3) is 0 Å². The highest BCUT2D eigenvalue weighted by atomic mass is 16.5. The SMILES string of the molecule is C=CC(=O)Nc1cc(Nc2ncc(C(=O)OC(C)C)c(N3CC(C)(C)c4nc(C#CC)ccc43)n2)c(OC)cc1N1CC[C@@H](N(C)C)C1. The van der Waals surface area contributed by atoms with Gasteiger partial charge in [-0.05, 0) is 71.5 Å². The van der Waals surface area contributed by atoms with Crippen LogP contribution in [-0.2, 0) is 14.9 Å². The number of nitrogens with zero attached hydrogens (tertiary/aromatic N) is 6. The second-order valence-electron chi connectivity index (χ2n) is 13.0. The molecule has 252 valence electrons. The number of pyridine rings is 1. The van der Waals surface area contributed by atoms with E-state index in [9.17, 15) is 9.59 Å². The third-order valence-corrected chi connectivity index (χ3v) is 8.44. The summed E-state index contributed by atoms with van der Waals surface area (Å²) in [6, 6.07) is 7.90. The van der Waals surface area contributed by atoms with Crippen molar-refractivity contribution in [2.24, 2.45) is 0 Å². The quantitative estimate of drug-likeness (QED) is 0.169. The highest BCUT2D eigenvalue weighted by Crippen LogP contribution is 2.44. The number of carbonyl (C=O) groups excluding carboxylic acids is 2. The minimum Gasteiger partial charge on any atom is -0.494 e. The minimum atomic E-state index is -0.530. The van der Waals surface area contributed by atoms with Crippen LogP contribution in [0.4, 0.5) is 34.5 Å². The smallest absolute Gasteiger partial charge is 0.343 e. The van der Waals surface area contributed by atoms with Crippen LogP contribution in [-0.4, -0.2) is 84.7 Å². The Labute approximate surface area is 282 Å². The summed E-state index contributed by atoms with van der Waals surface area (Å²) < 4.78 is 11.4. The van der Waals surface area contributed by atoms with Crippen molar-refractivity contribution in [1.29, 1.82) is 0 Å². The molecule has 0 aliphatic carbocycles. The largest absolute Gasteiger partial charge is 0.494 e. The summed E-state index contributed by atoms with van der Waals surface area (Å²) in [6.07, 6.45) is 3.36. The molecule has 1 amide bonds. The van der Waals surface area contributed by atoms with Crippen molar-refractivity contribution in [2.45, 2.75) is 58.6 Å². The molecule has 1 aromatic carbocycles. The summed E-state index contributed by atoms with van der Waals surface area (Å²) in [4.78, 5) is 46.6. The van der Waals surface area contributed by atoms with Gasteiger partial charge < -0.3 is 34.8 Å². The lowest BCUT2D eigenvalue weighted by Crippen LogP contribution is -2.31. The summed E-state index contributed by atoms with van der Waals surface area (Å²) in [5.74, 6) is 6.22. The van der Waals surface area contributed by atoms with Gasteiger partial charge in [0, 0.05) is 43.4 Å². The van der Waals surface area contributed by atoms with Crippen LogP contribution in [0.15, 0.2) is 43.1 Å². The van der Waals surface area contributed by atoms with Crippen molar-refractivity contribution in [1.82, 2.24) is 19.9 Å². The maximum atomic E-state index is 13.4. The zero-order chi connectivity index (χ0) is 34.7. The van der Waals surface area contributed by atoms with Crippen LogP contribution in [0.2, 0.25) is 0 Å². The first-order valence-corrected chi connectivity index (χ1v) is 16.0. The van der Waals surface area contributed by atoms with Gasteiger partial charge in [0.05, 0.1) is 41.7 Å². The number of rotatable bonds is 10. The second-order valence-corrected chi connectivity index (χ2v) is 13.0. The van der Waals surface area contributed by atoms with Crippen LogP contribution >= 0.6 is 0 Å². The first kappa shape index (κ1) is 34.2. The molecule has 1 atom stereocenters. The normalized spacial score (nSPS) is 16.3. The molecule has 4 heterocycles. The number of amides is 1. The fraction of sp³-hybridized carbons (Fsp3) is 0.417. The molecule has 0 saturated carbocycles.